The zero-order chi connectivity index (χ0) is 45.1. The molecule has 17 nitrogen and oxygen atoms in total. The van der Waals surface area contributed by atoms with Gasteiger partial charge in [-0.15, -0.1) is 0 Å². The maximum absolute atomic E-state index is 13.9. The van der Waals surface area contributed by atoms with E-state index in [-0.39, 0.29) is 48.5 Å². The Morgan fingerprint density at radius 3 is 2.16 bits per heavy atom. The van der Waals surface area contributed by atoms with Gasteiger partial charge in [0.25, 0.3) is 5.56 Å². The lowest BCUT2D eigenvalue weighted by atomic mass is 9.85. The predicted octanol–water partition coefficient (Wildman–Crippen LogP) is 1.42. The third kappa shape index (κ3) is 11.7. The van der Waals surface area contributed by atoms with Crippen LogP contribution in [0.4, 0.5) is 0 Å². The monoisotopic (exact) mass is 885 g/mol. The number of aromatic nitrogens is 2. The van der Waals surface area contributed by atoms with Crippen molar-refractivity contribution in [3.63, 3.8) is 0 Å². The molecule has 4 heterocycles. The van der Waals surface area contributed by atoms with Crippen molar-refractivity contribution in [1.29, 1.82) is 0 Å². The number of carbonyl (C=O) groups excluding carboxylic acids is 4. The van der Waals surface area contributed by atoms with Crippen molar-refractivity contribution >= 4 is 34.7 Å². The first-order valence-electron chi connectivity index (χ1n) is 23.5. The van der Waals surface area contributed by atoms with E-state index in [1.165, 1.54) is 38.5 Å². The van der Waals surface area contributed by atoms with Crippen molar-refractivity contribution in [1.82, 2.24) is 45.5 Å². The first kappa shape index (κ1) is 47.2. The Bertz CT molecular complexity index is 2170. The van der Waals surface area contributed by atoms with Crippen molar-refractivity contribution in [2.75, 3.05) is 92.1 Å². The van der Waals surface area contributed by atoms with Gasteiger partial charge < -0.3 is 45.9 Å². The number of carbonyl (C=O) groups is 4. The molecule has 2 amide bonds. The van der Waals surface area contributed by atoms with Crippen LogP contribution in [0.5, 0.6) is 0 Å². The number of ether oxygens (including phenoxy) is 2. The van der Waals surface area contributed by atoms with Gasteiger partial charge in [0.15, 0.2) is 0 Å². The number of likely N-dealkylation sites (N-methyl/N-ethyl adjacent to an activating group) is 1. The van der Waals surface area contributed by atoms with E-state index in [9.17, 15) is 24.0 Å². The average molecular weight is 885 g/mol. The lowest BCUT2D eigenvalue weighted by Gasteiger charge is -2.35. The molecule has 6 N–H and O–H groups in total. The van der Waals surface area contributed by atoms with Crippen molar-refractivity contribution in [3.8, 4) is 11.4 Å². The molecule has 2 fully saturated rings. The lowest BCUT2D eigenvalue weighted by Crippen LogP contribution is -2.48. The summed E-state index contributed by atoms with van der Waals surface area (Å²) in [6.07, 6.45) is 7.38. The number of amides is 2. The predicted molar refractivity (Wildman–Crippen MR) is 244 cm³/mol. The summed E-state index contributed by atoms with van der Waals surface area (Å²) >= 11 is 0. The van der Waals surface area contributed by atoms with Gasteiger partial charge >= 0.3 is 11.9 Å². The number of nitrogens with one attached hydrogen (secondary N) is 4. The minimum absolute atomic E-state index is 0.00298. The summed E-state index contributed by atoms with van der Waals surface area (Å²) in [5, 5.41) is 13.8. The summed E-state index contributed by atoms with van der Waals surface area (Å²) in [5.41, 5.74) is 6.84. The Hall–Kier alpha value is -4.78. The van der Waals surface area contributed by atoms with Crippen LogP contribution in [0.2, 0.25) is 0 Å². The molecular formula is C47H68N10O7. The Kier molecular flexibility index (Phi) is 16.5. The zero-order valence-electron chi connectivity index (χ0n) is 37.8. The maximum Gasteiger partial charge on any atom is 0.355 e. The van der Waals surface area contributed by atoms with E-state index < -0.39 is 30.0 Å². The Morgan fingerprint density at radius 2 is 1.50 bits per heavy atom. The maximum atomic E-state index is 13.9. The van der Waals surface area contributed by atoms with Gasteiger partial charge in [-0.25, -0.2) is 9.78 Å². The van der Waals surface area contributed by atoms with Crippen molar-refractivity contribution in [2.45, 2.75) is 95.5 Å². The highest BCUT2D eigenvalue weighted by Crippen LogP contribution is 2.41. The van der Waals surface area contributed by atoms with E-state index in [4.69, 9.17) is 20.2 Å². The van der Waals surface area contributed by atoms with E-state index >= 15 is 0 Å². The average Bonchev–Trinajstić information content (AvgIpc) is 3.61. The van der Waals surface area contributed by atoms with Crippen molar-refractivity contribution in [3.05, 3.63) is 63.4 Å². The molecule has 0 unspecified atom stereocenters. The Morgan fingerprint density at radius 1 is 0.859 bits per heavy atom. The largest absolute Gasteiger partial charge is 0.457 e. The smallest absolute Gasteiger partial charge is 0.355 e. The molecule has 2 aliphatic heterocycles. The number of nitrogens with zero attached hydrogens (tertiary/aromatic N) is 5. The molecule has 64 heavy (non-hydrogen) atoms. The number of nitrogens with two attached hydrogens (primary N) is 1. The number of hydrogen-bond donors (Lipinski definition) is 5. The van der Waals surface area contributed by atoms with Crippen LogP contribution in [-0.4, -0.2) is 152 Å². The first-order valence-corrected chi connectivity index (χ1v) is 23.5. The molecule has 2 saturated carbocycles. The van der Waals surface area contributed by atoms with Gasteiger partial charge in [-0.3, -0.25) is 29.0 Å². The quantitative estimate of drug-likeness (QED) is 0.0567. The second-order valence-corrected chi connectivity index (χ2v) is 17.8. The van der Waals surface area contributed by atoms with E-state index in [0.717, 1.165) is 75.4 Å². The van der Waals surface area contributed by atoms with Gasteiger partial charge in [0, 0.05) is 120 Å². The Labute approximate surface area is 376 Å². The van der Waals surface area contributed by atoms with E-state index in [0.29, 0.717) is 49.7 Å². The SMILES string of the molecule is CC[C@]1(OC(=O)CNC(=O)CCC(=O)NCCN(CCNC2CCC2)CCN(CCNC2CCC2)CCN(C)CCN)C(=O)OCc2c1cc1n(c2=O)Cc2cc3ccccc3nc2-1. The molecule has 4 aliphatic rings. The highest BCUT2D eigenvalue weighted by atomic mass is 16.6. The summed E-state index contributed by atoms with van der Waals surface area (Å²) in [6, 6.07) is 12.6. The van der Waals surface area contributed by atoms with Crippen LogP contribution in [0.1, 0.15) is 81.4 Å². The standard InChI is InChI=1S/C47H68N10O7/c1-3-47(38-29-40-44-34(28-33-8-4-5-13-39(33)53-44)31-57(40)45(61)37(38)32-63-46(47)62)64-43(60)30-52-42(59)15-14-41(58)51-19-23-55(21-17-49-35-9-6-10-35)26-27-56(25-24-54(2)20-16-48)22-18-50-36-11-7-12-36/h4-5,8,13,28-29,35-36,49-50H,3,6-7,9-12,14-27,30-32,48H2,1-2H3,(H,51,58)(H,52,59)/t47-/m1/s1. The summed E-state index contributed by atoms with van der Waals surface area (Å²) in [4.78, 5) is 78.4. The highest BCUT2D eigenvalue weighted by molar-refractivity contribution is 5.90. The minimum atomic E-state index is -1.89. The van der Waals surface area contributed by atoms with Crippen LogP contribution < -0.4 is 32.6 Å². The van der Waals surface area contributed by atoms with Crippen molar-refractivity contribution in [2.24, 2.45) is 5.73 Å². The number of benzene rings is 1. The molecule has 0 spiro atoms. The second-order valence-electron chi connectivity index (χ2n) is 17.8. The van der Waals surface area contributed by atoms with Crippen LogP contribution in [-0.2, 0) is 47.4 Å². The highest BCUT2D eigenvalue weighted by Gasteiger charge is 2.50. The molecule has 17 heteroatoms. The van der Waals surface area contributed by atoms with E-state index in [1.807, 2.05) is 30.3 Å². The molecule has 7 rings (SSSR count). The summed E-state index contributed by atoms with van der Waals surface area (Å²) in [7, 11) is 2.11. The number of esters is 2. The number of fused-ring (bicyclic) bond motifs is 5. The number of pyridine rings is 2. The second kappa shape index (κ2) is 22.4. The molecule has 3 aromatic rings. The van der Waals surface area contributed by atoms with Crippen LogP contribution in [0.25, 0.3) is 22.3 Å². The Balaban J connectivity index is 0.882. The van der Waals surface area contributed by atoms with Crippen LogP contribution >= 0.6 is 0 Å². The molecule has 348 valence electrons. The number of rotatable bonds is 26. The summed E-state index contributed by atoms with van der Waals surface area (Å²) in [5.74, 6) is -2.44. The fourth-order valence-electron chi connectivity index (χ4n) is 8.92. The number of para-hydroxylation sites is 1. The van der Waals surface area contributed by atoms with Gasteiger partial charge in [-0.2, -0.15) is 0 Å². The van der Waals surface area contributed by atoms with Gasteiger partial charge in [0.05, 0.1) is 29.0 Å². The minimum Gasteiger partial charge on any atom is -0.457 e. The van der Waals surface area contributed by atoms with E-state index in [2.05, 4.69) is 43.0 Å². The van der Waals surface area contributed by atoms with Gasteiger partial charge in [0.2, 0.25) is 17.4 Å². The van der Waals surface area contributed by atoms with Crippen molar-refractivity contribution < 1.29 is 28.7 Å². The molecule has 0 saturated heterocycles. The zero-order valence-corrected chi connectivity index (χ0v) is 37.8. The van der Waals surface area contributed by atoms with Gasteiger partial charge in [-0.1, -0.05) is 38.0 Å². The molecule has 0 bridgehead atoms. The summed E-state index contributed by atoms with van der Waals surface area (Å²) in [6.45, 7) is 11.2. The first-order chi connectivity index (χ1) is 31.1. The van der Waals surface area contributed by atoms with E-state index in [1.54, 1.807) is 17.6 Å². The van der Waals surface area contributed by atoms with Crippen LogP contribution in [0, 0.1) is 0 Å². The third-order valence-corrected chi connectivity index (χ3v) is 13.4. The number of hydrogen-bond acceptors (Lipinski definition) is 14. The van der Waals surface area contributed by atoms with Crippen LogP contribution in [0.3, 0.4) is 0 Å². The normalized spacial score (nSPS) is 18.1. The molecule has 2 aliphatic carbocycles. The molecule has 1 atom stereocenters. The molecule has 0 radical (unpaired) electrons. The third-order valence-electron chi connectivity index (χ3n) is 13.4. The number of cyclic esters (lactones) is 1. The fourth-order valence-corrected chi connectivity index (χ4v) is 8.92. The topological polar surface area (TPSA) is 205 Å². The lowest BCUT2D eigenvalue weighted by molar-refractivity contribution is -0.189. The van der Waals surface area contributed by atoms with Gasteiger partial charge in [-0.05, 0) is 57.4 Å². The molecular weight excluding hydrogens is 817 g/mol. The van der Waals surface area contributed by atoms with Gasteiger partial charge in [0.1, 0.15) is 13.2 Å². The molecule has 2 aromatic heterocycles. The summed E-state index contributed by atoms with van der Waals surface area (Å²) < 4.78 is 12.9. The fraction of sp³-hybridized carbons (Fsp3) is 0.617. The molecule has 1 aromatic carbocycles. The van der Waals surface area contributed by atoms with Crippen LogP contribution in [0.15, 0.2) is 41.2 Å².